The van der Waals surface area contributed by atoms with Gasteiger partial charge in [-0.05, 0) is 65.8 Å². The third kappa shape index (κ3) is 2.53. The highest BCUT2D eigenvalue weighted by molar-refractivity contribution is 6.01. The van der Waals surface area contributed by atoms with Gasteiger partial charge < -0.3 is 15.1 Å². The third-order valence-electron chi connectivity index (χ3n) is 8.21. The predicted octanol–water partition coefficient (Wildman–Crippen LogP) is 3.57. The van der Waals surface area contributed by atoms with Crippen LogP contribution < -0.4 is 0 Å². The molecule has 2 aromatic carbocycles. The molecule has 7 heteroatoms. The molecule has 4 fully saturated rings. The van der Waals surface area contributed by atoms with Crippen molar-refractivity contribution in [3.8, 4) is 11.1 Å². The van der Waals surface area contributed by atoms with E-state index in [0.717, 1.165) is 18.6 Å². The van der Waals surface area contributed by atoms with E-state index in [1.165, 1.54) is 12.1 Å². The lowest BCUT2D eigenvalue weighted by Crippen LogP contribution is -2.62. The summed E-state index contributed by atoms with van der Waals surface area (Å²) in [6.07, 6.45) is -4.03. The van der Waals surface area contributed by atoms with Crippen molar-refractivity contribution in [2.75, 3.05) is 0 Å². The van der Waals surface area contributed by atoms with E-state index in [2.05, 4.69) is 0 Å². The van der Waals surface area contributed by atoms with E-state index in [0.29, 0.717) is 23.1 Å². The summed E-state index contributed by atoms with van der Waals surface area (Å²) in [5.41, 5.74) is 0.712. The maximum absolute atomic E-state index is 13.8. The quantitative estimate of drug-likeness (QED) is 0.767. The minimum atomic E-state index is -4.42. The summed E-state index contributed by atoms with van der Waals surface area (Å²) < 4.78 is 38.9. The van der Waals surface area contributed by atoms with Crippen LogP contribution in [0, 0.1) is 23.7 Å². The lowest BCUT2D eigenvalue weighted by atomic mass is 9.74. The van der Waals surface area contributed by atoms with Crippen LogP contribution in [0.1, 0.15) is 28.8 Å². The molecule has 1 saturated heterocycles. The fourth-order valence-corrected chi connectivity index (χ4v) is 7.08. The van der Waals surface area contributed by atoms with Gasteiger partial charge in [0.15, 0.2) is 0 Å². The van der Waals surface area contributed by atoms with Crippen LogP contribution in [0.5, 0.6) is 0 Å². The van der Waals surface area contributed by atoms with E-state index in [-0.39, 0.29) is 41.7 Å². The molecule has 2 aromatic rings. The average molecular weight is 429 g/mol. The SMILES string of the molecule is O=C(c1ccccc1-c1ccc(C(F)(F)F)cc1)N1C2CC3C4CC(C3C2O)C1C4O. The van der Waals surface area contributed by atoms with Crippen LogP contribution in [0.15, 0.2) is 48.5 Å². The van der Waals surface area contributed by atoms with Crippen LogP contribution in [-0.2, 0) is 6.18 Å². The van der Waals surface area contributed by atoms with Crippen molar-refractivity contribution >= 4 is 5.91 Å². The van der Waals surface area contributed by atoms with Gasteiger partial charge in [-0.15, -0.1) is 0 Å². The number of carbonyl (C=O) groups excluding carboxylic acids is 1. The molecule has 1 amide bonds. The normalized spacial score (nSPS) is 37.6. The molecule has 2 N–H and O–H groups in total. The Balaban J connectivity index is 1.39. The second-order valence-corrected chi connectivity index (χ2v) is 9.41. The number of fused-ring (bicyclic) bond motifs is 3. The number of aliphatic hydroxyl groups excluding tert-OH is 2. The number of aliphatic hydroxyl groups is 2. The first-order valence-electron chi connectivity index (χ1n) is 10.7. The van der Waals surface area contributed by atoms with Crippen LogP contribution in [0.2, 0.25) is 0 Å². The fourth-order valence-electron chi connectivity index (χ4n) is 7.08. The lowest BCUT2D eigenvalue weighted by Gasteiger charge is -2.48. The molecule has 4 bridgehead atoms. The molecule has 1 aliphatic heterocycles. The monoisotopic (exact) mass is 429 g/mol. The molecule has 4 nitrogen and oxygen atoms in total. The number of hydrogen-bond donors (Lipinski definition) is 2. The summed E-state index contributed by atoms with van der Waals surface area (Å²) >= 11 is 0. The Morgan fingerprint density at radius 3 is 2.32 bits per heavy atom. The molecule has 162 valence electrons. The van der Waals surface area contributed by atoms with Crippen LogP contribution in [0.25, 0.3) is 11.1 Å². The molecular weight excluding hydrogens is 407 g/mol. The minimum Gasteiger partial charge on any atom is -0.391 e. The number of halogens is 3. The molecule has 8 atom stereocenters. The lowest BCUT2D eigenvalue weighted by molar-refractivity contribution is -0.137. The van der Waals surface area contributed by atoms with Crippen molar-refractivity contribution in [3.05, 3.63) is 59.7 Å². The van der Waals surface area contributed by atoms with Gasteiger partial charge in [0.2, 0.25) is 0 Å². The molecule has 0 spiro atoms. The Hall–Kier alpha value is -2.38. The predicted molar refractivity (Wildman–Crippen MR) is 106 cm³/mol. The van der Waals surface area contributed by atoms with Crippen molar-refractivity contribution in [2.45, 2.75) is 43.3 Å². The smallest absolute Gasteiger partial charge is 0.391 e. The Labute approximate surface area is 177 Å². The van der Waals surface area contributed by atoms with Gasteiger partial charge in [0.1, 0.15) is 0 Å². The number of nitrogens with zero attached hydrogens (tertiary/aromatic N) is 1. The molecule has 8 unspecified atom stereocenters. The van der Waals surface area contributed by atoms with Crippen molar-refractivity contribution < 1.29 is 28.2 Å². The van der Waals surface area contributed by atoms with Crippen LogP contribution in [0.4, 0.5) is 13.2 Å². The van der Waals surface area contributed by atoms with E-state index in [9.17, 15) is 28.2 Å². The van der Waals surface area contributed by atoms with E-state index in [1.807, 2.05) is 0 Å². The number of benzene rings is 2. The van der Waals surface area contributed by atoms with E-state index in [4.69, 9.17) is 0 Å². The second kappa shape index (κ2) is 6.33. The Morgan fingerprint density at radius 2 is 1.61 bits per heavy atom. The van der Waals surface area contributed by atoms with E-state index in [1.54, 1.807) is 29.2 Å². The van der Waals surface area contributed by atoms with Crippen molar-refractivity contribution in [2.24, 2.45) is 23.7 Å². The highest BCUT2D eigenvalue weighted by atomic mass is 19.4. The second-order valence-electron chi connectivity index (χ2n) is 9.41. The highest BCUT2D eigenvalue weighted by Gasteiger charge is 2.70. The van der Waals surface area contributed by atoms with Gasteiger partial charge in [-0.1, -0.05) is 30.3 Å². The Bertz CT molecular complexity index is 1050. The van der Waals surface area contributed by atoms with Crippen molar-refractivity contribution in [1.29, 1.82) is 0 Å². The fraction of sp³-hybridized carbons (Fsp3) is 0.458. The number of amides is 1. The largest absolute Gasteiger partial charge is 0.416 e. The number of alkyl halides is 3. The molecule has 3 aliphatic carbocycles. The molecule has 0 aromatic heterocycles. The van der Waals surface area contributed by atoms with Gasteiger partial charge in [0, 0.05) is 5.56 Å². The van der Waals surface area contributed by atoms with Gasteiger partial charge in [0.05, 0.1) is 29.9 Å². The highest BCUT2D eigenvalue weighted by Crippen LogP contribution is 2.64. The summed E-state index contributed by atoms with van der Waals surface area (Å²) in [5, 5.41) is 21.8. The molecular formula is C24H22F3NO3. The Kier molecular flexibility index (Phi) is 3.94. The summed E-state index contributed by atoms with van der Waals surface area (Å²) in [7, 11) is 0. The van der Waals surface area contributed by atoms with Crippen molar-refractivity contribution in [3.63, 3.8) is 0 Å². The van der Waals surface area contributed by atoms with Gasteiger partial charge in [-0.3, -0.25) is 4.79 Å². The molecule has 6 rings (SSSR count). The number of likely N-dealkylation sites (tertiary alicyclic amines) is 1. The minimum absolute atomic E-state index is 0.112. The zero-order valence-corrected chi connectivity index (χ0v) is 16.5. The number of piperidine rings is 1. The van der Waals surface area contributed by atoms with Gasteiger partial charge >= 0.3 is 6.18 Å². The Morgan fingerprint density at radius 1 is 0.903 bits per heavy atom. The molecule has 4 aliphatic rings. The topological polar surface area (TPSA) is 60.8 Å². The number of hydrogen-bond acceptors (Lipinski definition) is 3. The summed E-state index contributed by atoms with van der Waals surface area (Å²) in [6, 6.07) is 11.1. The van der Waals surface area contributed by atoms with Gasteiger partial charge in [0.25, 0.3) is 5.91 Å². The van der Waals surface area contributed by atoms with Gasteiger partial charge in [-0.25, -0.2) is 0 Å². The summed E-state index contributed by atoms with van der Waals surface area (Å²) in [4.78, 5) is 15.5. The van der Waals surface area contributed by atoms with Crippen LogP contribution >= 0.6 is 0 Å². The molecule has 0 radical (unpaired) electrons. The average Bonchev–Trinajstić information content (AvgIpc) is 3.33. The number of carbonyl (C=O) groups is 1. The third-order valence-corrected chi connectivity index (χ3v) is 8.21. The van der Waals surface area contributed by atoms with E-state index >= 15 is 0 Å². The molecule has 3 saturated carbocycles. The van der Waals surface area contributed by atoms with Gasteiger partial charge in [-0.2, -0.15) is 13.2 Å². The zero-order chi connectivity index (χ0) is 21.7. The first kappa shape index (κ1) is 19.3. The first-order valence-corrected chi connectivity index (χ1v) is 10.7. The standard InChI is InChI=1S/C24H22F3NO3/c25-24(26,27)12-7-5-11(6-8-12)13-3-1-2-4-14(13)23(31)28-18-10-15-16-9-17(19(15)22(18)30)20(28)21(16)29/h1-8,15-22,29-30H,9-10H2. The number of rotatable bonds is 2. The first-order chi connectivity index (χ1) is 14.8. The summed E-state index contributed by atoms with van der Waals surface area (Å²) in [5.74, 6) is 0.413. The maximum atomic E-state index is 13.8. The molecule has 31 heavy (non-hydrogen) atoms. The van der Waals surface area contributed by atoms with Crippen LogP contribution in [-0.4, -0.2) is 45.3 Å². The van der Waals surface area contributed by atoms with E-state index < -0.39 is 23.9 Å². The van der Waals surface area contributed by atoms with Crippen LogP contribution in [0.3, 0.4) is 0 Å². The zero-order valence-electron chi connectivity index (χ0n) is 16.5. The molecule has 1 heterocycles. The summed E-state index contributed by atoms with van der Waals surface area (Å²) in [6.45, 7) is 0. The van der Waals surface area contributed by atoms with Crippen molar-refractivity contribution in [1.82, 2.24) is 4.90 Å². The maximum Gasteiger partial charge on any atom is 0.416 e.